The molecule has 0 amide bonds. The Hall–Kier alpha value is -4.48. The van der Waals surface area contributed by atoms with Crippen LogP contribution in [0, 0.1) is 0 Å². The molecule has 3 heterocycles. The number of imidazole rings is 1. The number of hydrogen-bond acceptors (Lipinski definition) is 6. The number of aromatic nitrogens is 2. The van der Waals surface area contributed by atoms with Gasteiger partial charge in [0.05, 0.1) is 22.6 Å². The van der Waals surface area contributed by atoms with Crippen LogP contribution in [-0.2, 0) is 16.6 Å². The maximum atomic E-state index is 12.4. The van der Waals surface area contributed by atoms with Crippen LogP contribution in [0.2, 0.25) is 10.0 Å². The van der Waals surface area contributed by atoms with Crippen molar-refractivity contribution >= 4 is 44.8 Å². The van der Waals surface area contributed by atoms with Gasteiger partial charge in [-0.2, -0.15) is 8.42 Å². The lowest BCUT2D eigenvalue weighted by Crippen LogP contribution is -2.44. The molecule has 0 spiro atoms. The molecule has 0 saturated carbocycles. The number of halogens is 2. The van der Waals surface area contributed by atoms with Gasteiger partial charge in [0, 0.05) is 60.8 Å². The second-order valence-electron chi connectivity index (χ2n) is 11.7. The summed E-state index contributed by atoms with van der Waals surface area (Å²) in [5.74, 6) is 0.334. The fraction of sp³-hybridized carbons (Fsp3) is 0.171. The summed E-state index contributed by atoms with van der Waals surface area (Å²) < 4.78 is 29.8. The van der Waals surface area contributed by atoms with Gasteiger partial charge >= 0.3 is 10.2 Å². The molecule has 240 valence electrons. The van der Waals surface area contributed by atoms with E-state index in [0.717, 1.165) is 70.4 Å². The lowest BCUT2D eigenvalue weighted by Gasteiger charge is -2.34. The summed E-state index contributed by atoms with van der Waals surface area (Å²) in [5.41, 5.74) is 7.22. The van der Waals surface area contributed by atoms with Gasteiger partial charge in [0.25, 0.3) is 0 Å². The van der Waals surface area contributed by atoms with Gasteiger partial charge in [-0.05, 0) is 78.3 Å². The molecule has 0 aliphatic carbocycles. The van der Waals surface area contributed by atoms with E-state index in [-0.39, 0.29) is 0 Å². The van der Waals surface area contributed by atoms with E-state index in [4.69, 9.17) is 28.2 Å². The molecule has 5 aromatic rings. The predicted octanol–water partition coefficient (Wildman–Crippen LogP) is 6.87. The van der Waals surface area contributed by atoms with E-state index < -0.39 is 16.1 Å². The maximum Gasteiger partial charge on any atom is 0.330 e. The van der Waals surface area contributed by atoms with Crippen LogP contribution < -0.4 is 13.9 Å². The van der Waals surface area contributed by atoms with E-state index in [0.29, 0.717) is 27.8 Å². The molecule has 7 rings (SSSR count). The van der Waals surface area contributed by atoms with Gasteiger partial charge in [0.15, 0.2) is 0 Å². The molecule has 0 atom stereocenters. The Balaban J connectivity index is 1.16. The topological polar surface area (TPSA) is 93.9 Å². The molecule has 2 N–H and O–H groups in total. The number of piperazine rings is 1. The summed E-state index contributed by atoms with van der Waals surface area (Å²) in [6.07, 6.45) is 3.57. The number of anilines is 2. The normalized spacial score (nSPS) is 16.3. The standard InChI is InChI=1S/C35H32Cl2N6O3S/c1-40-16-18-41(19-17-40)28-9-6-26(7-10-28)25-4-2-24(3-5-25)20-34-38-33(31-15-8-27(36)21-32(31)37)22-42(34)29-11-13-30(14-12-29)43-23-35(44)39-47(43,45)46/h2-15,21-23,39,44H,16-20H2,1H3. The highest BCUT2D eigenvalue weighted by Gasteiger charge is 2.28. The Morgan fingerprint density at radius 2 is 1.43 bits per heavy atom. The molecule has 47 heavy (non-hydrogen) atoms. The summed E-state index contributed by atoms with van der Waals surface area (Å²) in [4.78, 5) is 9.77. The first-order chi connectivity index (χ1) is 22.6. The Morgan fingerprint density at radius 1 is 0.809 bits per heavy atom. The molecule has 2 aliphatic rings. The zero-order chi connectivity index (χ0) is 32.7. The van der Waals surface area contributed by atoms with Crippen molar-refractivity contribution in [3.8, 4) is 28.1 Å². The van der Waals surface area contributed by atoms with Gasteiger partial charge in [-0.15, -0.1) is 0 Å². The van der Waals surface area contributed by atoms with E-state index >= 15 is 0 Å². The van der Waals surface area contributed by atoms with Gasteiger partial charge in [-0.3, -0.25) is 0 Å². The average Bonchev–Trinajstić information content (AvgIpc) is 3.60. The molecule has 1 saturated heterocycles. The van der Waals surface area contributed by atoms with E-state index in [9.17, 15) is 13.5 Å². The van der Waals surface area contributed by atoms with Crippen molar-refractivity contribution in [2.75, 3.05) is 42.4 Å². The first-order valence-corrected chi connectivity index (χ1v) is 17.3. The third-order valence-corrected chi connectivity index (χ3v) is 10.3. The second-order valence-corrected chi connectivity index (χ2v) is 14.1. The number of nitrogens with one attached hydrogen (secondary N) is 1. The zero-order valence-electron chi connectivity index (χ0n) is 25.5. The summed E-state index contributed by atoms with van der Waals surface area (Å²) >= 11 is 12.7. The number of aliphatic hydroxyl groups excluding tert-OH is 1. The number of rotatable bonds is 7. The van der Waals surface area contributed by atoms with Crippen LogP contribution in [0.5, 0.6) is 0 Å². The van der Waals surface area contributed by atoms with Gasteiger partial charge in [-0.25, -0.2) is 14.0 Å². The van der Waals surface area contributed by atoms with Crippen molar-refractivity contribution in [1.82, 2.24) is 19.2 Å². The molecule has 0 bridgehead atoms. The average molecular weight is 688 g/mol. The van der Waals surface area contributed by atoms with E-state index in [1.54, 1.807) is 36.4 Å². The molecule has 12 heteroatoms. The highest BCUT2D eigenvalue weighted by Crippen LogP contribution is 2.32. The van der Waals surface area contributed by atoms with Crippen LogP contribution in [0.3, 0.4) is 0 Å². The number of benzene rings is 4. The minimum atomic E-state index is -3.90. The van der Waals surface area contributed by atoms with Crippen LogP contribution in [-0.4, -0.2) is 61.2 Å². The van der Waals surface area contributed by atoms with Crippen LogP contribution >= 0.6 is 23.2 Å². The van der Waals surface area contributed by atoms with Crippen molar-refractivity contribution in [3.05, 3.63) is 131 Å². The fourth-order valence-electron chi connectivity index (χ4n) is 5.88. The monoisotopic (exact) mass is 686 g/mol. The van der Waals surface area contributed by atoms with Crippen LogP contribution in [0.4, 0.5) is 11.4 Å². The van der Waals surface area contributed by atoms with Crippen LogP contribution in [0.15, 0.2) is 109 Å². The number of hydrogen-bond donors (Lipinski definition) is 2. The Kier molecular flexibility index (Phi) is 8.36. The molecule has 9 nitrogen and oxygen atoms in total. The highest BCUT2D eigenvalue weighted by molar-refractivity contribution is 7.91. The van der Waals surface area contributed by atoms with E-state index in [1.165, 1.54) is 5.69 Å². The van der Waals surface area contributed by atoms with E-state index in [1.807, 2.05) is 16.8 Å². The van der Waals surface area contributed by atoms with Crippen LogP contribution in [0.25, 0.3) is 28.1 Å². The molecular formula is C35H32Cl2N6O3S. The third-order valence-electron chi connectivity index (χ3n) is 8.49. The zero-order valence-corrected chi connectivity index (χ0v) is 27.8. The number of nitrogens with zero attached hydrogens (tertiary/aromatic N) is 5. The molecular weight excluding hydrogens is 655 g/mol. The lowest BCUT2D eigenvalue weighted by atomic mass is 10.0. The maximum absolute atomic E-state index is 12.4. The molecule has 1 fully saturated rings. The molecule has 1 aromatic heterocycles. The summed E-state index contributed by atoms with van der Waals surface area (Å²) in [6, 6.07) is 29.5. The van der Waals surface area contributed by atoms with Crippen LogP contribution in [0.1, 0.15) is 11.4 Å². The fourth-order valence-corrected chi connectivity index (χ4v) is 7.44. The highest BCUT2D eigenvalue weighted by atomic mass is 35.5. The van der Waals surface area contributed by atoms with E-state index in [2.05, 4.69) is 70.1 Å². The van der Waals surface area contributed by atoms with Gasteiger partial charge < -0.3 is 19.5 Å². The largest absolute Gasteiger partial charge is 0.493 e. The number of likely N-dealkylation sites (N-methyl/N-ethyl adjacent to an activating group) is 1. The first kappa shape index (κ1) is 31.1. The molecule has 2 aliphatic heterocycles. The lowest BCUT2D eigenvalue weighted by molar-refractivity contribution is 0.313. The predicted molar refractivity (Wildman–Crippen MR) is 189 cm³/mol. The molecule has 4 aromatic carbocycles. The smallest absolute Gasteiger partial charge is 0.330 e. The van der Waals surface area contributed by atoms with Crippen molar-refractivity contribution < 1.29 is 13.5 Å². The molecule has 0 unspecified atom stereocenters. The SMILES string of the molecule is CN1CCN(c2ccc(-c3ccc(Cc4nc(-c5ccc(Cl)cc5Cl)cn4-c4ccc(N5C=C(O)NS5(=O)=O)cc4)cc3)cc2)CC1. The minimum Gasteiger partial charge on any atom is -0.493 e. The quantitative estimate of drug-likeness (QED) is 0.194. The second kappa shape index (κ2) is 12.6. The first-order valence-electron chi connectivity index (χ1n) is 15.1. The molecule has 0 radical (unpaired) electrons. The Morgan fingerprint density at radius 3 is 2.04 bits per heavy atom. The van der Waals surface area contributed by atoms with Crippen molar-refractivity contribution in [2.45, 2.75) is 6.42 Å². The summed E-state index contributed by atoms with van der Waals surface area (Å²) in [5, 5.41) is 10.7. The Labute approximate surface area is 284 Å². The van der Waals surface area contributed by atoms with Crippen molar-refractivity contribution in [2.24, 2.45) is 0 Å². The third kappa shape index (κ3) is 6.55. The minimum absolute atomic E-state index is 0.375. The van der Waals surface area contributed by atoms with Crippen molar-refractivity contribution in [1.29, 1.82) is 0 Å². The summed E-state index contributed by atoms with van der Waals surface area (Å²) in [7, 11) is -1.73. The van der Waals surface area contributed by atoms with Crippen molar-refractivity contribution in [3.63, 3.8) is 0 Å². The van der Waals surface area contributed by atoms with Gasteiger partial charge in [0.1, 0.15) is 5.82 Å². The Bertz CT molecular complexity index is 2060. The number of aliphatic hydroxyl groups is 1. The summed E-state index contributed by atoms with van der Waals surface area (Å²) in [6.45, 7) is 4.22. The van der Waals surface area contributed by atoms with Gasteiger partial charge in [-0.1, -0.05) is 59.6 Å². The van der Waals surface area contributed by atoms with Gasteiger partial charge in [0.2, 0.25) is 5.88 Å².